The summed E-state index contributed by atoms with van der Waals surface area (Å²) in [5, 5.41) is 2.56. The van der Waals surface area contributed by atoms with Crippen LogP contribution in [-0.4, -0.2) is 38.5 Å². The van der Waals surface area contributed by atoms with E-state index in [0.29, 0.717) is 6.41 Å². The average Bonchev–Trinajstić information content (AvgIpc) is 2.37. The molecule has 0 aliphatic rings. The van der Waals surface area contributed by atoms with Crippen molar-refractivity contribution in [1.82, 2.24) is 10.2 Å². The van der Waals surface area contributed by atoms with E-state index in [-0.39, 0.29) is 0 Å². The first-order valence-corrected chi connectivity index (χ1v) is 6.83. The van der Waals surface area contributed by atoms with Gasteiger partial charge in [-0.05, 0) is 46.0 Å². The molecule has 1 amide bonds. The SMILES string of the molecule is CC.CN(C)CCNC=O.Cc1ccc(C)c(C)c1. The molecule has 1 aromatic carbocycles. The molecule has 0 saturated heterocycles. The van der Waals surface area contributed by atoms with E-state index in [9.17, 15) is 4.79 Å². The van der Waals surface area contributed by atoms with Crippen LogP contribution < -0.4 is 5.32 Å². The van der Waals surface area contributed by atoms with Crippen molar-refractivity contribution in [3.05, 3.63) is 34.9 Å². The highest BCUT2D eigenvalue weighted by atomic mass is 16.1. The van der Waals surface area contributed by atoms with Crippen molar-refractivity contribution in [3.63, 3.8) is 0 Å². The third-order valence-corrected chi connectivity index (χ3v) is 2.45. The smallest absolute Gasteiger partial charge is 0.207 e. The molecule has 3 heteroatoms. The molecule has 0 fully saturated rings. The molecule has 0 spiro atoms. The van der Waals surface area contributed by atoms with Crippen molar-refractivity contribution in [2.24, 2.45) is 0 Å². The zero-order valence-electron chi connectivity index (χ0n) is 13.6. The minimum atomic E-state index is 0.712. The van der Waals surface area contributed by atoms with Gasteiger partial charge in [-0.1, -0.05) is 37.6 Å². The molecule has 0 heterocycles. The quantitative estimate of drug-likeness (QED) is 0.671. The Kier molecular flexibility index (Phi) is 13.8. The lowest BCUT2D eigenvalue weighted by Gasteiger charge is -2.06. The molecular formula is C16H30N2O. The molecular weight excluding hydrogens is 236 g/mol. The summed E-state index contributed by atoms with van der Waals surface area (Å²) in [7, 11) is 3.93. The van der Waals surface area contributed by atoms with E-state index in [1.165, 1.54) is 16.7 Å². The van der Waals surface area contributed by atoms with E-state index in [0.717, 1.165) is 13.1 Å². The number of benzene rings is 1. The van der Waals surface area contributed by atoms with E-state index in [1.54, 1.807) is 0 Å². The van der Waals surface area contributed by atoms with Crippen molar-refractivity contribution >= 4 is 6.41 Å². The summed E-state index contributed by atoms with van der Waals surface area (Å²) in [5.41, 5.74) is 4.11. The number of aryl methyl sites for hydroxylation is 3. The summed E-state index contributed by atoms with van der Waals surface area (Å²) in [6.07, 6.45) is 0.712. The molecule has 0 unspecified atom stereocenters. The second-order valence-corrected chi connectivity index (χ2v) is 4.46. The lowest BCUT2D eigenvalue weighted by molar-refractivity contribution is -0.109. The maximum absolute atomic E-state index is 9.66. The van der Waals surface area contributed by atoms with Crippen molar-refractivity contribution in [2.45, 2.75) is 34.6 Å². The van der Waals surface area contributed by atoms with E-state index in [4.69, 9.17) is 0 Å². The third kappa shape index (κ3) is 12.9. The molecule has 0 radical (unpaired) electrons. The van der Waals surface area contributed by atoms with Gasteiger partial charge in [0, 0.05) is 13.1 Å². The normalized spacial score (nSPS) is 8.84. The molecule has 3 nitrogen and oxygen atoms in total. The van der Waals surface area contributed by atoms with Crippen LogP contribution in [0.3, 0.4) is 0 Å². The standard InChI is InChI=1S/C9H12.C5H12N2O.C2H6/c1-7-4-5-8(2)9(3)6-7;1-7(2)4-3-6-5-8;1-2/h4-6H,1-3H3;5H,3-4H2,1-2H3,(H,6,8);1-2H3. The molecule has 0 aromatic heterocycles. The van der Waals surface area contributed by atoms with Crippen molar-refractivity contribution in [3.8, 4) is 0 Å². The Balaban J connectivity index is 0. The van der Waals surface area contributed by atoms with Gasteiger partial charge in [0.1, 0.15) is 0 Å². The van der Waals surface area contributed by atoms with Gasteiger partial charge >= 0.3 is 0 Å². The number of hydrogen-bond acceptors (Lipinski definition) is 2. The predicted molar refractivity (Wildman–Crippen MR) is 84.6 cm³/mol. The highest BCUT2D eigenvalue weighted by molar-refractivity contribution is 5.45. The van der Waals surface area contributed by atoms with Crippen molar-refractivity contribution < 1.29 is 4.79 Å². The molecule has 0 aliphatic carbocycles. The average molecular weight is 266 g/mol. The monoisotopic (exact) mass is 266 g/mol. The second kappa shape index (κ2) is 13.1. The topological polar surface area (TPSA) is 32.3 Å². The highest BCUT2D eigenvalue weighted by Crippen LogP contribution is 2.07. The second-order valence-electron chi connectivity index (χ2n) is 4.46. The van der Waals surface area contributed by atoms with Crippen LogP contribution in [0.5, 0.6) is 0 Å². The summed E-state index contributed by atoms with van der Waals surface area (Å²) < 4.78 is 0. The van der Waals surface area contributed by atoms with E-state index < -0.39 is 0 Å². The van der Waals surface area contributed by atoms with Gasteiger partial charge in [0.15, 0.2) is 0 Å². The molecule has 1 N–H and O–H groups in total. The van der Waals surface area contributed by atoms with E-state index in [1.807, 2.05) is 32.8 Å². The largest absolute Gasteiger partial charge is 0.357 e. The van der Waals surface area contributed by atoms with Gasteiger partial charge in [-0.25, -0.2) is 0 Å². The first-order chi connectivity index (χ1) is 8.97. The van der Waals surface area contributed by atoms with E-state index in [2.05, 4.69) is 44.3 Å². The third-order valence-electron chi connectivity index (χ3n) is 2.45. The van der Waals surface area contributed by atoms with Crippen LogP contribution >= 0.6 is 0 Å². The number of likely N-dealkylation sites (N-methyl/N-ethyl adjacent to an activating group) is 1. The fourth-order valence-electron chi connectivity index (χ4n) is 1.24. The Morgan fingerprint density at radius 1 is 1.11 bits per heavy atom. The van der Waals surface area contributed by atoms with Gasteiger partial charge < -0.3 is 10.2 Å². The molecule has 0 aliphatic heterocycles. The number of hydrogen-bond donors (Lipinski definition) is 1. The van der Waals surface area contributed by atoms with Gasteiger partial charge in [-0.2, -0.15) is 0 Å². The van der Waals surface area contributed by atoms with Gasteiger partial charge in [0.25, 0.3) is 0 Å². The van der Waals surface area contributed by atoms with Crippen LogP contribution in [0.15, 0.2) is 18.2 Å². The van der Waals surface area contributed by atoms with Gasteiger partial charge in [-0.3, -0.25) is 4.79 Å². The van der Waals surface area contributed by atoms with Crippen LogP contribution in [0.4, 0.5) is 0 Å². The van der Waals surface area contributed by atoms with Crippen LogP contribution in [0, 0.1) is 20.8 Å². The minimum Gasteiger partial charge on any atom is -0.357 e. The molecule has 0 bridgehead atoms. The van der Waals surface area contributed by atoms with E-state index >= 15 is 0 Å². The van der Waals surface area contributed by atoms with Crippen LogP contribution in [0.1, 0.15) is 30.5 Å². The first kappa shape index (κ1) is 20.0. The number of amides is 1. The number of rotatable bonds is 4. The maximum Gasteiger partial charge on any atom is 0.207 e. The van der Waals surface area contributed by atoms with Gasteiger partial charge in [0.05, 0.1) is 0 Å². The highest BCUT2D eigenvalue weighted by Gasteiger charge is 1.89. The predicted octanol–water partition coefficient (Wildman–Crippen LogP) is 2.93. The van der Waals surface area contributed by atoms with Gasteiger partial charge in [0.2, 0.25) is 6.41 Å². The Labute approximate surface area is 119 Å². The number of nitrogens with one attached hydrogen (secondary N) is 1. The summed E-state index contributed by atoms with van der Waals surface area (Å²) in [6, 6.07) is 6.50. The Morgan fingerprint density at radius 3 is 2.05 bits per heavy atom. The lowest BCUT2D eigenvalue weighted by atomic mass is 10.1. The number of nitrogens with zero attached hydrogens (tertiary/aromatic N) is 1. The molecule has 110 valence electrons. The van der Waals surface area contributed by atoms with Crippen LogP contribution in [0.25, 0.3) is 0 Å². The maximum atomic E-state index is 9.66. The number of carbonyl (C=O) groups is 1. The molecule has 1 rings (SSSR count). The van der Waals surface area contributed by atoms with Crippen molar-refractivity contribution in [1.29, 1.82) is 0 Å². The first-order valence-electron chi connectivity index (χ1n) is 6.83. The summed E-state index contributed by atoms with van der Waals surface area (Å²) in [6.45, 7) is 12.0. The van der Waals surface area contributed by atoms with Crippen molar-refractivity contribution in [2.75, 3.05) is 27.2 Å². The molecule has 19 heavy (non-hydrogen) atoms. The summed E-state index contributed by atoms with van der Waals surface area (Å²) >= 11 is 0. The molecule has 0 atom stereocenters. The zero-order valence-corrected chi connectivity index (χ0v) is 13.6. The summed E-state index contributed by atoms with van der Waals surface area (Å²) in [5.74, 6) is 0. The number of carbonyl (C=O) groups excluding carboxylic acids is 1. The Hall–Kier alpha value is -1.35. The van der Waals surface area contributed by atoms with Gasteiger partial charge in [-0.15, -0.1) is 0 Å². The Morgan fingerprint density at radius 2 is 1.68 bits per heavy atom. The molecule has 1 aromatic rings. The molecule has 0 saturated carbocycles. The lowest BCUT2D eigenvalue weighted by Crippen LogP contribution is -2.25. The summed E-state index contributed by atoms with van der Waals surface area (Å²) in [4.78, 5) is 11.7. The Bertz CT molecular complexity index is 336. The van der Waals surface area contributed by atoms with Crippen LogP contribution in [-0.2, 0) is 4.79 Å². The van der Waals surface area contributed by atoms with Crippen LogP contribution in [0.2, 0.25) is 0 Å². The zero-order chi connectivity index (χ0) is 15.3. The fourth-order valence-corrected chi connectivity index (χ4v) is 1.24. The minimum absolute atomic E-state index is 0.712. The fraction of sp³-hybridized carbons (Fsp3) is 0.562.